The van der Waals surface area contributed by atoms with Crippen LogP contribution in [0, 0.1) is 6.92 Å². The van der Waals surface area contributed by atoms with Crippen molar-refractivity contribution in [3.05, 3.63) is 113 Å². The van der Waals surface area contributed by atoms with E-state index in [0.717, 1.165) is 33.1 Å². The van der Waals surface area contributed by atoms with Gasteiger partial charge in [0, 0.05) is 31.8 Å². The Hall–Kier alpha value is -4.68. The summed E-state index contributed by atoms with van der Waals surface area (Å²) in [5.41, 5.74) is 3.73. The highest BCUT2D eigenvalue weighted by atomic mass is 32.2. The summed E-state index contributed by atoms with van der Waals surface area (Å²) < 4.78 is 28.0. The Labute approximate surface area is 290 Å². The maximum Gasteiger partial charge on any atom is 0.251 e. The average molecular weight is 689 g/mol. The quantitative estimate of drug-likeness (QED) is 0.186. The molecule has 1 aromatic heterocycles. The zero-order valence-corrected chi connectivity index (χ0v) is 30.3. The summed E-state index contributed by atoms with van der Waals surface area (Å²) in [6.45, 7) is 10.2. The molecule has 2 amide bonds. The first-order valence-corrected chi connectivity index (χ1v) is 18.0. The van der Waals surface area contributed by atoms with Crippen molar-refractivity contribution in [2.75, 3.05) is 36.1 Å². The van der Waals surface area contributed by atoms with Gasteiger partial charge in [0.2, 0.25) is 10.0 Å². The van der Waals surface area contributed by atoms with Crippen LogP contribution >= 0.6 is 0 Å². The molecule has 262 valence electrons. The molecule has 3 N–H and O–H groups in total. The molecule has 0 aliphatic carbocycles. The largest absolute Gasteiger partial charge is 0.389 e. The minimum atomic E-state index is -3.72. The van der Waals surface area contributed by atoms with E-state index in [9.17, 15) is 23.1 Å². The number of carbonyl (C=O) groups is 2. The molecule has 49 heavy (non-hydrogen) atoms. The first-order valence-electron chi connectivity index (χ1n) is 16.2. The number of rotatable bonds is 13. The lowest BCUT2D eigenvalue weighted by atomic mass is 9.99. The molecular weight excluding hydrogens is 641 g/mol. The molecule has 4 rings (SSSR count). The highest BCUT2D eigenvalue weighted by Crippen LogP contribution is 2.25. The third-order valence-corrected chi connectivity index (χ3v) is 9.73. The van der Waals surface area contributed by atoms with Gasteiger partial charge in [-0.1, -0.05) is 60.7 Å². The fourth-order valence-corrected chi connectivity index (χ4v) is 6.20. The minimum Gasteiger partial charge on any atom is -0.389 e. The molecule has 4 aromatic rings. The average Bonchev–Trinajstić information content (AvgIpc) is 3.46. The van der Waals surface area contributed by atoms with Crippen LogP contribution in [-0.2, 0) is 22.0 Å². The van der Waals surface area contributed by atoms with Gasteiger partial charge in [-0.25, -0.2) is 8.42 Å². The number of hydrogen-bond acceptors (Lipinski definition) is 7. The van der Waals surface area contributed by atoms with E-state index in [-0.39, 0.29) is 34.9 Å². The van der Waals surface area contributed by atoms with Crippen LogP contribution in [0.4, 0.5) is 11.4 Å². The van der Waals surface area contributed by atoms with E-state index in [1.54, 1.807) is 6.20 Å². The van der Waals surface area contributed by atoms with Crippen molar-refractivity contribution < 1.29 is 23.1 Å². The first kappa shape index (κ1) is 37.1. The third-order valence-electron chi connectivity index (χ3n) is 8.52. The van der Waals surface area contributed by atoms with Gasteiger partial charge in [-0.2, -0.15) is 5.10 Å². The SMILES string of the molecule is Cc1c(N(C)C[C@@H](O)[C@H](Cc2ccccc2)NC(=O)c2cc(C(=O)N[C@H](C)c3ccccc3)cc(N(C)S(C)(=O)=O)c2)cnn1C(C)(C)C. The van der Waals surface area contributed by atoms with Gasteiger partial charge in [0.1, 0.15) is 0 Å². The molecule has 11 nitrogen and oxygen atoms in total. The predicted molar refractivity (Wildman–Crippen MR) is 195 cm³/mol. The molecule has 3 aromatic carbocycles. The number of hydrogen-bond donors (Lipinski definition) is 3. The van der Waals surface area contributed by atoms with E-state index < -0.39 is 34.0 Å². The Kier molecular flexibility index (Phi) is 11.6. The maximum atomic E-state index is 14.0. The van der Waals surface area contributed by atoms with Crippen molar-refractivity contribution in [1.29, 1.82) is 0 Å². The van der Waals surface area contributed by atoms with E-state index in [1.165, 1.54) is 25.2 Å². The fraction of sp³-hybridized carbons (Fsp3) is 0.378. The third kappa shape index (κ3) is 9.48. The maximum absolute atomic E-state index is 14.0. The highest BCUT2D eigenvalue weighted by Gasteiger charge is 2.27. The Morgan fingerprint density at radius 2 is 1.47 bits per heavy atom. The molecule has 0 saturated heterocycles. The Balaban J connectivity index is 1.64. The number of anilines is 2. The molecular formula is C37H48N6O5S. The molecule has 12 heteroatoms. The number of likely N-dealkylation sites (N-methyl/N-ethyl adjacent to an activating group) is 1. The van der Waals surface area contributed by atoms with Gasteiger partial charge in [0.15, 0.2) is 0 Å². The smallest absolute Gasteiger partial charge is 0.251 e. The molecule has 0 aliphatic rings. The van der Waals surface area contributed by atoms with Crippen molar-refractivity contribution in [3.8, 4) is 0 Å². The van der Waals surface area contributed by atoms with Crippen molar-refractivity contribution in [1.82, 2.24) is 20.4 Å². The summed E-state index contributed by atoms with van der Waals surface area (Å²) in [7, 11) is -0.486. The van der Waals surface area contributed by atoms with Crippen molar-refractivity contribution in [2.45, 2.75) is 64.8 Å². The second-order valence-electron chi connectivity index (χ2n) is 13.5. The molecule has 0 radical (unpaired) electrons. The molecule has 0 saturated carbocycles. The topological polar surface area (TPSA) is 137 Å². The number of aromatic nitrogens is 2. The van der Waals surface area contributed by atoms with Gasteiger partial charge < -0.3 is 20.6 Å². The number of nitrogens with zero attached hydrogens (tertiary/aromatic N) is 4. The number of nitrogens with one attached hydrogen (secondary N) is 2. The van der Waals surface area contributed by atoms with Gasteiger partial charge in [-0.15, -0.1) is 0 Å². The Morgan fingerprint density at radius 3 is 2.00 bits per heavy atom. The van der Waals surface area contributed by atoms with Gasteiger partial charge in [-0.3, -0.25) is 18.6 Å². The first-order chi connectivity index (χ1) is 23.0. The lowest BCUT2D eigenvalue weighted by Crippen LogP contribution is -2.49. The number of carbonyl (C=O) groups excluding carboxylic acids is 2. The van der Waals surface area contributed by atoms with Gasteiger partial charge in [0.25, 0.3) is 11.8 Å². The molecule has 0 unspecified atom stereocenters. The van der Waals surface area contributed by atoms with E-state index >= 15 is 0 Å². The minimum absolute atomic E-state index is 0.0754. The summed E-state index contributed by atoms with van der Waals surface area (Å²) in [5.74, 6) is -1.03. The van der Waals surface area contributed by atoms with Crippen LogP contribution in [0.25, 0.3) is 0 Å². The van der Waals surface area contributed by atoms with Crippen LogP contribution in [0.1, 0.15) is 71.3 Å². The summed E-state index contributed by atoms with van der Waals surface area (Å²) in [6.07, 6.45) is 2.13. The number of sulfonamides is 1. The zero-order chi connectivity index (χ0) is 36.1. The molecule has 3 atom stereocenters. The summed E-state index contributed by atoms with van der Waals surface area (Å²) in [5, 5.41) is 22.1. The second-order valence-corrected chi connectivity index (χ2v) is 15.5. The Bertz CT molecular complexity index is 1860. The van der Waals surface area contributed by atoms with Crippen LogP contribution < -0.4 is 19.8 Å². The number of aliphatic hydroxyl groups excluding tert-OH is 1. The van der Waals surface area contributed by atoms with Crippen molar-refractivity contribution in [2.24, 2.45) is 0 Å². The predicted octanol–water partition coefficient (Wildman–Crippen LogP) is 4.67. The standard InChI is InChI=1S/C37H48N6O5S/c1-25(28-17-13-10-14-18-28)39-35(45)29-20-30(22-31(21-29)42(7)49(8,47)48)36(46)40-32(19-27-15-11-9-12-16-27)34(44)24-41(6)33-23-38-43(26(33)2)37(3,4)5/h9-18,20-23,25,32,34,44H,19,24H2,1-8H3,(H,39,45)(H,40,46)/t25-,32+,34-/m1/s1. The zero-order valence-electron chi connectivity index (χ0n) is 29.5. The highest BCUT2D eigenvalue weighted by molar-refractivity contribution is 7.92. The van der Waals surface area contributed by atoms with Crippen LogP contribution in [0.5, 0.6) is 0 Å². The summed E-state index contributed by atoms with van der Waals surface area (Å²) in [6, 6.07) is 22.2. The molecule has 0 spiro atoms. The van der Waals surface area contributed by atoms with E-state index in [0.29, 0.717) is 6.42 Å². The molecule has 0 bridgehead atoms. The lowest BCUT2D eigenvalue weighted by Gasteiger charge is -2.29. The molecule has 0 aliphatic heterocycles. The van der Waals surface area contributed by atoms with E-state index in [4.69, 9.17) is 0 Å². The second kappa shape index (κ2) is 15.3. The van der Waals surface area contributed by atoms with Crippen molar-refractivity contribution in [3.63, 3.8) is 0 Å². The molecule has 1 heterocycles. The lowest BCUT2D eigenvalue weighted by molar-refractivity contribution is 0.0843. The number of benzene rings is 3. The number of amides is 2. The van der Waals surface area contributed by atoms with E-state index in [2.05, 4.69) is 36.5 Å². The van der Waals surface area contributed by atoms with Gasteiger partial charge >= 0.3 is 0 Å². The van der Waals surface area contributed by atoms with Crippen LogP contribution in [0.2, 0.25) is 0 Å². The summed E-state index contributed by atoms with van der Waals surface area (Å²) in [4.78, 5) is 29.4. The number of aliphatic hydroxyl groups is 1. The van der Waals surface area contributed by atoms with Crippen LogP contribution in [0.3, 0.4) is 0 Å². The van der Waals surface area contributed by atoms with Gasteiger partial charge in [-0.05, 0) is 70.4 Å². The normalized spacial score (nSPS) is 13.7. The van der Waals surface area contributed by atoms with Crippen molar-refractivity contribution >= 4 is 33.2 Å². The van der Waals surface area contributed by atoms with Crippen LogP contribution in [0.15, 0.2) is 85.1 Å². The summed E-state index contributed by atoms with van der Waals surface area (Å²) >= 11 is 0. The Morgan fingerprint density at radius 1 is 0.918 bits per heavy atom. The monoisotopic (exact) mass is 688 g/mol. The van der Waals surface area contributed by atoms with Crippen LogP contribution in [-0.4, -0.2) is 74.2 Å². The molecule has 0 fully saturated rings. The fourth-order valence-electron chi connectivity index (χ4n) is 5.71. The van der Waals surface area contributed by atoms with E-state index in [1.807, 2.05) is 91.1 Å². The van der Waals surface area contributed by atoms with Gasteiger partial charge in [0.05, 0.1) is 53.2 Å².